The Labute approximate surface area is 96.7 Å². The summed E-state index contributed by atoms with van der Waals surface area (Å²) in [6, 6.07) is -0.654. The number of alkyl halides is 3. The molecule has 8 heteroatoms. The van der Waals surface area contributed by atoms with Crippen molar-refractivity contribution in [3.05, 3.63) is 11.9 Å². The number of nitrogens with two attached hydrogens (primary N) is 1. The summed E-state index contributed by atoms with van der Waals surface area (Å²) >= 11 is 0. The summed E-state index contributed by atoms with van der Waals surface area (Å²) < 4.78 is 42.9. The largest absolute Gasteiger partial charge is 0.493 e. The zero-order valence-electron chi connectivity index (χ0n) is 9.58. The maximum absolute atomic E-state index is 12.2. The van der Waals surface area contributed by atoms with Gasteiger partial charge in [-0.3, -0.25) is 16.0 Å². The van der Waals surface area contributed by atoms with Gasteiger partial charge in [-0.2, -0.15) is 18.3 Å². The van der Waals surface area contributed by atoms with Crippen molar-refractivity contribution in [3.8, 4) is 5.75 Å². The lowest BCUT2D eigenvalue weighted by Gasteiger charge is -2.18. The van der Waals surface area contributed by atoms with Crippen LogP contribution in [0.25, 0.3) is 0 Å². The molecule has 0 saturated heterocycles. The summed E-state index contributed by atoms with van der Waals surface area (Å²) in [4.78, 5) is 0. The van der Waals surface area contributed by atoms with E-state index in [1.165, 1.54) is 18.0 Å². The predicted octanol–water partition coefficient (Wildman–Crippen LogP) is 1.28. The van der Waals surface area contributed by atoms with Crippen LogP contribution in [0.3, 0.4) is 0 Å². The van der Waals surface area contributed by atoms with Crippen LogP contribution in [-0.2, 0) is 7.05 Å². The Morgan fingerprint density at radius 2 is 2.24 bits per heavy atom. The normalized spacial score (nSPS) is 13.8. The van der Waals surface area contributed by atoms with E-state index in [0.717, 1.165) is 0 Å². The number of hydrogen-bond acceptors (Lipinski definition) is 4. The molecule has 0 radical (unpaired) electrons. The Bertz CT molecular complexity index is 364. The highest BCUT2D eigenvalue weighted by Crippen LogP contribution is 2.31. The summed E-state index contributed by atoms with van der Waals surface area (Å²) in [5.41, 5.74) is 2.85. The van der Waals surface area contributed by atoms with E-state index in [-0.39, 0.29) is 6.42 Å². The highest BCUT2D eigenvalue weighted by molar-refractivity contribution is 5.28. The molecule has 0 fully saturated rings. The SMILES string of the molecule is COc1cnn(C)c1C(CCC(F)(F)F)NN. The van der Waals surface area contributed by atoms with Crippen LogP contribution in [0.15, 0.2) is 6.20 Å². The van der Waals surface area contributed by atoms with Crippen LogP contribution < -0.4 is 16.0 Å². The van der Waals surface area contributed by atoms with Gasteiger partial charge in [0.2, 0.25) is 0 Å². The Hall–Kier alpha value is -1.28. The lowest BCUT2D eigenvalue weighted by atomic mass is 10.1. The van der Waals surface area contributed by atoms with Gasteiger partial charge in [0.1, 0.15) is 0 Å². The lowest BCUT2D eigenvalue weighted by molar-refractivity contribution is -0.136. The maximum Gasteiger partial charge on any atom is 0.389 e. The average molecular weight is 252 g/mol. The molecule has 98 valence electrons. The molecule has 0 spiro atoms. The van der Waals surface area contributed by atoms with Crippen molar-refractivity contribution in [1.82, 2.24) is 15.2 Å². The van der Waals surface area contributed by atoms with Crippen molar-refractivity contribution in [3.63, 3.8) is 0 Å². The number of methoxy groups -OCH3 is 1. The van der Waals surface area contributed by atoms with Gasteiger partial charge in [-0.1, -0.05) is 0 Å². The van der Waals surface area contributed by atoms with E-state index < -0.39 is 18.6 Å². The zero-order valence-corrected chi connectivity index (χ0v) is 9.58. The summed E-state index contributed by atoms with van der Waals surface area (Å²) in [6.07, 6.45) is -3.86. The van der Waals surface area contributed by atoms with Gasteiger partial charge in [0.05, 0.1) is 25.0 Å². The van der Waals surface area contributed by atoms with Gasteiger partial charge in [-0.15, -0.1) is 0 Å². The molecule has 0 bridgehead atoms. The predicted molar refractivity (Wildman–Crippen MR) is 55.1 cm³/mol. The highest BCUT2D eigenvalue weighted by atomic mass is 19.4. The van der Waals surface area contributed by atoms with Crippen molar-refractivity contribution in [2.24, 2.45) is 12.9 Å². The number of aryl methyl sites for hydroxylation is 1. The van der Waals surface area contributed by atoms with Crippen LogP contribution in [0, 0.1) is 0 Å². The topological polar surface area (TPSA) is 65.1 Å². The molecule has 1 rings (SSSR count). The number of rotatable bonds is 5. The number of ether oxygens (including phenoxy) is 1. The summed E-state index contributed by atoms with van der Waals surface area (Å²) in [7, 11) is 3.05. The van der Waals surface area contributed by atoms with Crippen LogP contribution in [0.5, 0.6) is 5.75 Å². The second-order valence-corrected chi connectivity index (χ2v) is 3.59. The van der Waals surface area contributed by atoms with E-state index in [2.05, 4.69) is 10.5 Å². The molecule has 0 saturated carbocycles. The summed E-state index contributed by atoms with van der Waals surface area (Å²) in [5.74, 6) is 5.69. The lowest BCUT2D eigenvalue weighted by Crippen LogP contribution is -2.31. The minimum atomic E-state index is -4.21. The third-order valence-corrected chi connectivity index (χ3v) is 2.42. The van der Waals surface area contributed by atoms with Crippen molar-refractivity contribution < 1.29 is 17.9 Å². The van der Waals surface area contributed by atoms with Crippen molar-refractivity contribution in [1.29, 1.82) is 0 Å². The van der Waals surface area contributed by atoms with E-state index in [0.29, 0.717) is 11.4 Å². The minimum Gasteiger partial charge on any atom is -0.493 e. The minimum absolute atomic E-state index is 0.171. The first kappa shape index (κ1) is 13.8. The van der Waals surface area contributed by atoms with Crippen molar-refractivity contribution in [2.45, 2.75) is 25.1 Å². The molecule has 1 aromatic rings. The number of nitrogens with zero attached hydrogens (tertiary/aromatic N) is 2. The molecule has 1 unspecified atom stereocenters. The molecule has 3 N–H and O–H groups in total. The first-order valence-corrected chi connectivity index (χ1v) is 4.97. The van der Waals surface area contributed by atoms with Gasteiger partial charge in [-0.05, 0) is 6.42 Å². The third-order valence-electron chi connectivity index (χ3n) is 2.42. The fourth-order valence-corrected chi connectivity index (χ4v) is 1.59. The van der Waals surface area contributed by atoms with Gasteiger partial charge in [0.15, 0.2) is 5.75 Å². The second-order valence-electron chi connectivity index (χ2n) is 3.59. The number of aromatic nitrogens is 2. The second kappa shape index (κ2) is 5.37. The Morgan fingerprint density at radius 1 is 1.59 bits per heavy atom. The molecular formula is C9H15F3N4O. The third kappa shape index (κ3) is 3.60. The first-order valence-electron chi connectivity index (χ1n) is 4.97. The Morgan fingerprint density at radius 3 is 2.71 bits per heavy atom. The van der Waals surface area contributed by atoms with Crippen LogP contribution >= 0.6 is 0 Å². The fraction of sp³-hybridized carbons (Fsp3) is 0.667. The summed E-state index contributed by atoms with van der Waals surface area (Å²) in [6.45, 7) is 0. The van der Waals surface area contributed by atoms with Crippen LogP contribution in [0.4, 0.5) is 13.2 Å². The van der Waals surface area contributed by atoms with Crippen molar-refractivity contribution >= 4 is 0 Å². The Balaban J connectivity index is 2.82. The smallest absolute Gasteiger partial charge is 0.389 e. The van der Waals surface area contributed by atoms with E-state index in [1.54, 1.807) is 7.05 Å². The van der Waals surface area contributed by atoms with E-state index in [1.807, 2.05) is 0 Å². The number of nitrogens with one attached hydrogen (secondary N) is 1. The van der Waals surface area contributed by atoms with E-state index >= 15 is 0 Å². The average Bonchev–Trinajstić information content (AvgIpc) is 2.60. The molecule has 5 nitrogen and oxygen atoms in total. The Kier molecular flexibility index (Phi) is 4.35. The van der Waals surface area contributed by atoms with Gasteiger partial charge in [0, 0.05) is 13.5 Å². The van der Waals surface area contributed by atoms with Crippen LogP contribution in [-0.4, -0.2) is 23.1 Å². The molecule has 1 atom stereocenters. The van der Waals surface area contributed by atoms with E-state index in [9.17, 15) is 13.2 Å². The number of hydrogen-bond donors (Lipinski definition) is 2. The number of halogens is 3. The molecule has 17 heavy (non-hydrogen) atoms. The quantitative estimate of drug-likeness (QED) is 0.612. The highest BCUT2D eigenvalue weighted by Gasteiger charge is 2.30. The zero-order chi connectivity index (χ0) is 13.1. The van der Waals surface area contributed by atoms with Gasteiger partial charge < -0.3 is 4.74 Å². The molecule has 0 aliphatic heterocycles. The molecular weight excluding hydrogens is 237 g/mol. The van der Waals surface area contributed by atoms with E-state index in [4.69, 9.17) is 10.6 Å². The summed E-state index contributed by atoms with van der Waals surface area (Å²) in [5, 5.41) is 3.92. The molecule has 0 aromatic carbocycles. The molecule has 1 heterocycles. The van der Waals surface area contributed by atoms with Crippen molar-refractivity contribution in [2.75, 3.05) is 7.11 Å². The molecule has 1 aromatic heterocycles. The van der Waals surface area contributed by atoms with Gasteiger partial charge in [-0.25, -0.2) is 0 Å². The molecule has 0 aliphatic carbocycles. The van der Waals surface area contributed by atoms with Gasteiger partial charge >= 0.3 is 6.18 Å². The van der Waals surface area contributed by atoms with Gasteiger partial charge in [0.25, 0.3) is 0 Å². The van der Waals surface area contributed by atoms with Crippen LogP contribution in [0.1, 0.15) is 24.6 Å². The fourth-order valence-electron chi connectivity index (χ4n) is 1.59. The first-order chi connectivity index (χ1) is 7.89. The monoisotopic (exact) mass is 252 g/mol. The standard InChI is InChI=1S/C9H15F3N4O/c1-16-8(7(17-2)5-14-16)6(15-13)3-4-9(10,11)12/h5-6,15H,3-4,13H2,1-2H3. The number of hydrazine groups is 1. The molecule has 0 aliphatic rings. The molecule has 0 amide bonds. The maximum atomic E-state index is 12.2. The van der Waals surface area contributed by atoms with Crippen LogP contribution in [0.2, 0.25) is 0 Å².